The van der Waals surface area contributed by atoms with E-state index in [1.54, 1.807) is 0 Å². The van der Waals surface area contributed by atoms with E-state index in [2.05, 4.69) is 37.1 Å². The summed E-state index contributed by atoms with van der Waals surface area (Å²) in [6.45, 7) is 8.17. The number of esters is 1. The summed E-state index contributed by atoms with van der Waals surface area (Å²) in [6, 6.07) is 28.0. The van der Waals surface area contributed by atoms with Crippen LogP contribution >= 0.6 is 0 Å². The molecule has 0 unspecified atom stereocenters. The molecule has 2 aliphatic rings. The van der Waals surface area contributed by atoms with Gasteiger partial charge in [-0.15, -0.1) is 0 Å². The second-order valence-electron chi connectivity index (χ2n) is 10.3. The fraction of sp³-hybridized carbons (Fsp3) is 0.265. The van der Waals surface area contributed by atoms with Gasteiger partial charge in [0.1, 0.15) is 11.5 Å². The number of nitrogens with zero attached hydrogens (tertiary/aromatic N) is 1. The lowest BCUT2D eigenvalue weighted by atomic mass is 9.76. The van der Waals surface area contributed by atoms with Crippen molar-refractivity contribution in [3.8, 4) is 11.5 Å². The van der Waals surface area contributed by atoms with Crippen LogP contribution in [0.1, 0.15) is 65.7 Å². The molecule has 0 radical (unpaired) electrons. The molecule has 5 heteroatoms. The highest BCUT2D eigenvalue weighted by Crippen LogP contribution is 2.59. The van der Waals surface area contributed by atoms with E-state index in [4.69, 9.17) is 9.47 Å². The van der Waals surface area contributed by atoms with Crippen LogP contribution in [0.3, 0.4) is 0 Å². The monoisotopic (exact) mass is 518 g/mol. The van der Waals surface area contributed by atoms with E-state index < -0.39 is 5.60 Å². The first-order valence-electron chi connectivity index (χ1n) is 13.9. The number of fused-ring (bicyclic) bond motifs is 6. The zero-order valence-corrected chi connectivity index (χ0v) is 22.8. The van der Waals surface area contributed by atoms with Gasteiger partial charge >= 0.3 is 5.97 Å². The van der Waals surface area contributed by atoms with Crippen LogP contribution in [0.5, 0.6) is 11.5 Å². The van der Waals surface area contributed by atoms with Gasteiger partial charge in [0.2, 0.25) is 0 Å². The number of ether oxygens (including phenoxy) is 2. The lowest BCUT2D eigenvalue weighted by Crippen LogP contribution is -2.33. The van der Waals surface area contributed by atoms with Crippen molar-refractivity contribution >= 4 is 23.0 Å². The zero-order chi connectivity index (χ0) is 27.0. The number of unbranched alkanes of at least 4 members (excludes halogenated alkanes) is 2. The molecule has 1 N–H and O–H groups in total. The van der Waals surface area contributed by atoms with Crippen LogP contribution in [-0.2, 0) is 10.3 Å². The molecule has 0 atom stereocenters. The van der Waals surface area contributed by atoms with E-state index in [1.165, 1.54) is 0 Å². The molecule has 0 fully saturated rings. The van der Waals surface area contributed by atoms with Gasteiger partial charge in [-0.1, -0.05) is 74.4 Å². The van der Waals surface area contributed by atoms with Gasteiger partial charge in [0.15, 0.2) is 5.60 Å². The molecular weight excluding hydrogens is 484 g/mol. The summed E-state index contributed by atoms with van der Waals surface area (Å²) in [6.07, 6.45) is 3.37. The van der Waals surface area contributed by atoms with Gasteiger partial charge in [-0.25, -0.2) is 4.79 Å². The minimum atomic E-state index is -1.14. The molecule has 0 amide bonds. The number of aryl methyl sites for hydroxylation is 1. The molecule has 2 aliphatic heterocycles. The summed E-state index contributed by atoms with van der Waals surface area (Å²) < 4.78 is 13.0. The minimum Gasteiger partial charge on any atom is -0.456 e. The van der Waals surface area contributed by atoms with Crippen molar-refractivity contribution in [3.63, 3.8) is 0 Å². The Labute approximate surface area is 230 Å². The van der Waals surface area contributed by atoms with Crippen LogP contribution < -0.4 is 15.0 Å². The van der Waals surface area contributed by atoms with E-state index in [0.29, 0.717) is 17.1 Å². The van der Waals surface area contributed by atoms with Gasteiger partial charge in [-0.3, -0.25) is 0 Å². The molecule has 0 saturated heterocycles. The van der Waals surface area contributed by atoms with Gasteiger partial charge in [-0.2, -0.15) is 0 Å². The quantitative estimate of drug-likeness (QED) is 0.188. The lowest BCUT2D eigenvalue weighted by molar-refractivity contribution is 0.0226. The van der Waals surface area contributed by atoms with E-state index >= 15 is 0 Å². The summed E-state index contributed by atoms with van der Waals surface area (Å²) in [4.78, 5) is 16.5. The predicted octanol–water partition coefficient (Wildman–Crippen LogP) is 8.32. The number of hydrogen-bond donors (Lipinski definition) is 1. The Morgan fingerprint density at radius 3 is 2.13 bits per heavy atom. The van der Waals surface area contributed by atoms with Crippen molar-refractivity contribution in [3.05, 3.63) is 113 Å². The van der Waals surface area contributed by atoms with Gasteiger partial charge in [-0.05, 0) is 56.2 Å². The molecule has 0 aromatic heterocycles. The Balaban J connectivity index is 1.67. The standard InChI is InChI=1S/C34H34N2O3/c1-4-6-14-21-36(5-2)27-22-23(3)32(35-24-15-8-7-9-16-24)31-30(27)33(37)39-34(31)25-17-10-12-19-28(25)38-29-20-13-11-18-26(29)34/h7-13,15-20,22,35H,4-6,14,21H2,1-3H3. The van der Waals surface area contributed by atoms with Crippen LogP contribution in [-0.4, -0.2) is 19.1 Å². The maximum absolute atomic E-state index is 14.1. The molecule has 5 nitrogen and oxygen atoms in total. The Morgan fingerprint density at radius 1 is 0.846 bits per heavy atom. The molecule has 0 bridgehead atoms. The SMILES string of the molecule is CCCCCN(CC)c1cc(C)c(Nc2ccccc2)c2c1C(=O)OC21c2ccccc2Oc2ccccc21. The number of anilines is 3. The summed E-state index contributed by atoms with van der Waals surface area (Å²) in [7, 11) is 0. The second kappa shape index (κ2) is 10.1. The van der Waals surface area contributed by atoms with E-state index in [-0.39, 0.29) is 5.97 Å². The number of benzene rings is 4. The first-order chi connectivity index (χ1) is 19.1. The summed E-state index contributed by atoms with van der Waals surface area (Å²) in [5.74, 6) is 1.08. The second-order valence-corrected chi connectivity index (χ2v) is 10.3. The fourth-order valence-corrected chi connectivity index (χ4v) is 6.01. The van der Waals surface area contributed by atoms with Crippen LogP contribution in [0.15, 0.2) is 84.9 Å². The highest BCUT2D eigenvalue weighted by atomic mass is 16.6. The molecule has 2 heterocycles. The molecule has 39 heavy (non-hydrogen) atoms. The third-order valence-electron chi connectivity index (χ3n) is 7.86. The van der Waals surface area contributed by atoms with E-state index in [1.807, 2.05) is 78.9 Å². The minimum absolute atomic E-state index is 0.309. The molecule has 1 spiro atoms. The van der Waals surface area contributed by atoms with Crippen LogP contribution in [0.4, 0.5) is 17.1 Å². The third-order valence-corrected chi connectivity index (χ3v) is 7.86. The highest BCUT2D eigenvalue weighted by molar-refractivity contribution is 6.05. The number of nitrogens with one attached hydrogen (secondary N) is 1. The normalized spacial score (nSPS) is 14.2. The van der Waals surface area contributed by atoms with E-state index in [9.17, 15) is 4.79 Å². The van der Waals surface area contributed by atoms with Gasteiger partial charge < -0.3 is 19.7 Å². The summed E-state index contributed by atoms with van der Waals surface area (Å²) in [5, 5.41) is 3.67. The van der Waals surface area contributed by atoms with Crippen LogP contribution in [0.25, 0.3) is 0 Å². The molecule has 4 aromatic carbocycles. The predicted molar refractivity (Wildman–Crippen MR) is 157 cm³/mol. The molecule has 4 aromatic rings. The average molecular weight is 519 g/mol. The van der Waals surface area contributed by atoms with Gasteiger partial charge in [0, 0.05) is 35.5 Å². The maximum Gasteiger partial charge on any atom is 0.342 e. The van der Waals surface area contributed by atoms with Gasteiger partial charge in [0.05, 0.1) is 16.9 Å². The van der Waals surface area contributed by atoms with E-state index in [0.717, 1.165) is 71.7 Å². The number of rotatable bonds is 8. The summed E-state index contributed by atoms with van der Waals surface area (Å²) >= 11 is 0. The highest BCUT2D eigenvalue weighted by Gasteiger charge is 2.56. The molecule has 0 aliphatic carbocycles. The Hall–Kier alpha value is -4.25. The van der Waals surface area contributed by atoms with Crippen LogP contribution in [0.2, 0.25) is 0 Å². The number of carbonyl (C=O) groups is 1. The number of hydrogen-bond acceptors (Lipinski definition) is 5. The third kappa shape index (κ3) is 4.04. The van der Waals surface area contributed by atoms with Crippen LogP contribution in [0, 0.1) is 6.92 Å². The molecule has 0 saturated carbocycles. The Bertz CT molecular complexity index is 1480. The lowest BCUT2D eigenvalue weighted by Gasteiger charge is -2.37. The van der Waals surface area contributed by atoms with Crippen molar-refractivity contribution in [1.29, 1.82) is 0 Å². The Morgan fingerprint density at radius 2 is 1.49 bits per heavy atom. The first-order valence-corrected chi connectivity index (χ1v) is 13.9. The maximum atomic E-state index is 14.1. The summed E-state index contributed by atoms with van der Waals surface area (Å²) in [5.41, 5.74) is 5.83. The largest absolute Gasteiger partial charge is 0.456 e. The topological polar surface area (TPSA) is 50.8 Å². The van der Waals surface area contributed by atoms with Crippen molar-refractivity contribution in [2.75, 3.05) is 23.3 Å². The number of carbonyl (C=O) groups excluding carboxylic acids is 1. The zero-order valence-electron chi connectivity index (χ0n) is 22.8. The first kappa shape index (κ1) is 25.1. The molecule has 198 valence electrons. The van der Waals surface area contributed by atoms with Gasteiger partial charge in [0.25, 0.3) is 0 Å². The molecule has 6 rings (SSSR count). The van der Waals surface area contributed by atoms with Crippen molar-refractivity contribution in [2.24, 2.45) is 0 Å². The Kier molecular flexibility index (Phi) is 6.51. The van der Waals surface area contributed by atoms with Crippen molar-refractivity contribution in [2.45, 2.75) is 45.6 Å². The fourth-order valence-electron chi connectivity index (χ4n) is 6.01. The van der Waals surface area contributed by atoms with Crippen molar-refractivity contribution < 1.29 is 14.3 Å². The molecular formula is C34H34N2O3. The average Bonchev–Trinajstić information content (AvgIpc) is 3.26. The van der Waals surface area contributed by atoms with Crippen molar-refractivity contribution in [1.82, 2.24) is 0 Å². The smallest absolute Gasteiger partial charge is 0.342 e. The number of para-hydroxylation sites is 3.